The smallest absolute Gasteiger partial charge is 0.387 e. The second-order valence-corrected chi connectivity index (χ2v) is 11.6. The first-order chi connectivity index (χ1) is 10.5. The number of alkyl halides is 2. The first-order valence-electron chi connectivity index (χ1n) is 7.28. The van der Waals surface area contributed by atoms with Crippen LogP contribution < -0.4 is 4.74 Å². The van der Waals surface area contributed by atoms with E-state index in [1.165, 1.54) is 25.3 Å². The van der Waals surface area contributed by atoms with Crippen LogP contribution in [0.3, 0.4) is 0 Å². The van der Waals surface area contributed by atoms with E-state index in [9.17, 15) is 13.6 Å². The molecule has 0 aliphatic rings. The summed E-state index contributed by atoms with van der Waals surface area (Å²) in [6.45, 7) is 7.53. The van der Waals surface area contributed by atoms with Gasteiger partial charge in [-0.15, -0.1) is 0 Å². The van der Waals surface area contributed by atoms with Crippen molar-refractivity contribution >= 4 is 14.3 Å². The molecule has 0 atom stereocenters. The zero-order chi connectivity index (χ0) is 17.8. The van der Waals surface area contributed by atoms with Gasteiger partial charge in [-0.2, -0.15) is 8.78 Å². The second-order valence-electron chi connectivity index (χ2n) is 6.74. The van der Waals surface area contributed by atoms with Gasteiger partial charge in [-0.05, 0) is 36.3 Å². The van der Waals surface area contributed by atoms with Gasteiger partial charge in [0, 0.05) is 5.56 Å². The van der Waals surface area contributed by atoms with Crippen molar-refractivity contribution in [3.63, 3.8) is 0 Å². The lowest BCUT2D eigenvalue weighted by atomic mass is 10.1. The largest absolute Gasteiger partial charge is 0.465 e. The van der Waals surface area contributed by atoms with Crippen LogP contribution in [0, 0.1) is 0 Å². The summed E-state index contributed by atoms with van der Waals surface area (Å²) in [5, 5.41) is -0.0172. The van der Waals surface area contributed by atoms with Crippen molar-refractivity contribution in [3.05, 3.63) is 29.3 Å². The molecule has 130 valence electrons. The van der Waals surface area contributed by atoms with Gasteiger partial charge < -0.3 is 13.9 Å². The normalized spacial score (nSPS) is 12.4. The Morgan fingerprint density at radius 2 is 1.87 bits per heavy atom. The molecule has 0 aliphatic heterocycles. The standard InChI is InChI=1S/C16H24F2O4Si/c1-16(2,3)23(5,6)21-10-12-9-11(14(19)20-4)7-8-13(12)22-15(17)18/h7-9,15H,10H2,1-6H3. The number of rotatable bonds is 6. The summed E-state index contributed by atoms with van der Waals surface area (Å²) in [5.74, 6) is -0.534. The highest BCUT2D eigenvalue weighted by molar-refractivity contribution is 6.74. The van der Waals surface area contributed by atoms with Crippen LogP contribution >= 0.6 is 0 Å². The molecule has 0 amide bonds. The van der Waals surface area contributed by atoms with E-state index in [0.29, 0.717) is 5.56 Å². The van der Waals surface area contributed by atoms with Gasteiger partial charge in [-0.3, -0.25) is 0 Å². The number of methoxy groups -OCH3 is 1. The summed E-state index contributed by atoms with van der Waals surface area (Å²) in [7, 11) is -0.801. The molecule has 0 radical (unpaired) electrons. The molecule has 0 fully saturated rings. The molecule has 0 aliphatic carbocycles. The lowest BCUT2D eigenvalue weighted by Gasteiger charge is -2.36. The molecule has 0 saturated carbocycles. The van der Waals surface area contributed by atoms with Crippen LogP contribution in [0.15, 0.2) is 18.2 Å². The Hall–Kier alpha value is -1.47. The summed E-state index contributed by atoms with van der Waals surface area (Å²) in [5.41, 5.74) is 0.668. The fourth-order valence-electron chi connectivity index (χ4n) is 1.62. The summed E-state index contributed by atoms with van der Waals surface area (Å²) in [6, 6.07) is 4.19. The van der Waals surface area contributed by atoms with Crippen LogP contribution in [0.4, 0.5) is 8.78 Å². The molecule has 0 saturated heterocycles. The molecular weight excluding hydrogens is 322 g/mol. The molecule has 7 heteroatoms. The predicted octanol–water partition coefficient (Wildman–Crippen LogP) is 4.60. The average molecular weight is 346 g/mol. The Kier molecular flexibility index (Phi) is 6.30. The highest BCUT2D eigenvalue weighted by Crippen LogP contribution is 2.37. The number of carbonyl (C=O) groups excluding carboxylic acids is 1. The predicted molar refractivity (Wildman–Crippen MR) is 86.4 cm³/mol. The van der Waals surface area contributed by atoms with Gasteiger partial charge in [0.2, 0.25) is 0 Å². The topological polar surface area (TPSA) is 44.8 Å². The molecule has 23 heavy (non-hydrogen) atoms. The summed E-state index contributed by atoms with van der Waals surface area (Å²) < 4.78 is 40.3. The van der Waals surface area contributed by atoms with Crippen LogP contribution in [0.2, 0.25) is 18.1 Å². The van der Waals surface area contributed by atoms with Crippen LogP contribution in [-0.4, -0.2) is 28.0 Å². The minimum absolute atomic E-state index is 0.00589. The number of halogens is 2. The SMILES string of the molecule is COC(=O)c1ccc(OC(F)F)c(CO[Si](C)(C)C(C)(C)C)c1. The van der Waals surface area contributed by atoms with Gasteiger partial charge in [0.1, 0.15) is 5.75 Å². The van der Waals surface area contributed by atoms with Gasteiger partial charge in [0.15, 0.2) is 8.32 Å². The summed E-state index contributed by atoms with van der Waals surface area (Å²) in [6.07, 6.45) is 0. The Morgan fingerprint density at radius 1 is 1.26 bits per heavy atom. The lowest BCUT2D eigenvalue weighted by Crippen LogP contribution is -2.40. The minimum Gasteiger partial charge on any atom is -0.465 e. The maximum Gasteiger partial charge on any atom is 0.387 e. The summed E-state index contributed by atoms with van der Waals surface area (Å²) >= 11 is 0. The zero-order valence-corrected chi connectivity index (χ0v) is 15.4. The Morgan fingerprint density at radius 3 is 2.35 bits per heavy atom. The average Bonchev–Trinajstić information content (AvgIpc) is 2.43. The van der Waals surface area contributed by atoms with Gasteiger partial charge in [-0.1, -0.05) is 20.8 Å². The lowest BCUT2D eigenvalue weighted by molar-refractivity contribution is -0.0508. The first-order valence-corrected chi connectivity index (χ1v) is 10.2. The van der Waals surface area contributed by atoms with E-state index in [1.807, 2.05) is 0 Å². The molecule has 0 bridgehead atoms. The van der Waals surface area contributed by atoms with E-state index in [1.54, 1.807) is 0 Å². The Balaban J connectivity index is 3.07. The van der Waals surface area contributed by atoms with Crippen molar-refractivity contribution in [1.29, 1.82) is 0 Å². The molecule has 0 spiro atoms. The van der Waals surface area contributed by atoms with Crippen LogP contribution in [0.5, 0.6) is 5.75 Å². The third kappa shape index (κ3) is 5.28. The van der Waals surface area contributed by atoms with E-state index in [0.717, 1.165) is 0 Å². The van der Waals surface area contributed by atoms with Gasteiger partial charge in [0.05, 0.1) is 19.3 Å². The van der Waals surface area contributed by atoms with E-state index in [4.69, 9.17) is 4.43 Å². The van der Waals surface area contributed by atoms with Crippen molar-refractivity contribution in [2.45, 2.75) is 52.1 Å². The third-order valence-corrected chi connectivity index (χ3v) is 8.57. The molecule has 1 aromatic carbocycles. The molecule has 1 rings (SSSR count). The fraction of sp³-hybridized carbons (Fsp3) is 0.562. The van der Waals surface area contributed by atoms with Crippen molar-refractivity contribution in [2.75, 3.05) is 7.11 Å². The maximum atomic E-state index is 12.5. The zero-order valence-electron chi connectivity index (χ0n) is 14.4. The molecule has 0 aromatic heterocycles. The minimum atomic E-state index is -2.94. The molecule has 4 nitrogen and oxygen atoms in total. The van der Waals surface area contributed by atoms with Gasteiger partial charge >= 0.3 is 12.6 Å². The quantitative estimate of drug-likeness (QED) is 0.558. The number of ether oxygens (including phenoxy) is 2. The fourth-order valence-corrected chi connectivity index (χ4v) is 2.57. The molecule has 0 heterocycles. The van der Waals surface area contributed by atoms with Crippen molar-refractivity contribution < 1.29 is 27.5 Å². The van der Waals surface area contributed by atoms with E-state index in [-0.39, 0.29) is 23.0 Å². The van der Waals surface area contributed by atoms with E-state index in [2.05, 4.69) is 43.3 Å². The van der Waals surface area contributed by atoms with Crippen LogP contribution in [0.1, 0.15) is 36.7 Å². The Labute approximate surface area is 136 Å². The molecule has 0 unspecified atom stereocenters. The third-order valence-electron chi connectivity index (χ3n) is 4.09. The highest BCUT2D eigenvalue weighted by atomic mass is 28.4. The summed E-state index contributed by atoms with van der Waals surface area (Å²) in [4.78, 5) is 11.6. The second kappa shape index (κ2) is 7.40. The molecule has 0 N–H and O–H groups in total. The van der Waals surface area contributed by atoms with Crippen LogP contribution in [0.25, 0.3) is 0 Å². The number of hydrogen-bond donors (Lipinski definition) is 0. The number of benzene rings is 1. The van der Waals surface area contributed by atoms with E-state index >= 15 is 0 Å². The van der Waals surface area contributed by atoms with Gasteiger partial charge in [-0.25, -0.2) is 4.79 Å². The van der Waals surface area contributed by atoms with Crippen LogP contribution in [-0.2, 0) is 15.8 Å². The van der Waals surface area contributed by atoms with Crippen molar-refractivity contribution in [2.24, 2.45) is 0 Å². The first kappa shape index (κ1) is 19.6. The van der Waals surface area contributed by atoms with Gasteiger partial charge in [0.25, 0.3) is 0 Å². The van der Waals surface area contributed by atoms with Crippen molar-refractivity contribution in [1.82, 2.24) is 0 Å². The number of carbonyl (C=O) groups is 1. The maximum absolute atomic E-state index is 12.5. The van der Waals surface area contributed by atoms with E-state index < -0.39 is 20.9 Å². The van der Waals surface area contributed by atoms with Crippen molar-refractivity contribution in [3.8, 4) is 5.75 Å². The molecular formula is C16H24F2O4Si. The Bertz CT molecular complexity index is 554. The monoisotopic (exact) mass is 346 g/mol. The molecule has 1 aromatic rings. The number of esters is 1. The highest BCUT2D eigenvalue weighted by Gasteiger charge is 2.37. The number of hydrogen-bond acceptors (Lipinski definition) is 4.